The molecule has 11 heteroatoms. The predicted octanol–water partition coefficient (Wildman–Crippen LogP) is 1.31. The van der Waals surface area contributed by atoms with Crippen LogP contribution in [0.25, 0.3) is 0 Å². The minimum Gasteiger partial charge on any atom is -0.460 e. The summed E-state index contributed by atoms with van der Waals surface area (Å²) in [5.74, 6) is -1.90. The van der Waals surface area contributed by atoms with Gasteiger partial charge in [-0.25, -0.2) is 5.43 Å². The number of amides is 2. The zero-order chi connectivity index (χ0) is 20.8. The Hall–Kier alpha value is -0.800. The highest BCUT2D eigenvalue weighted by Crippen LogP contribution is 2.26. The lowest BCUT2D eigenvalue weighted by atomic mass is 10.0. The van der Waals surface area contributed by atoms with Crippen LogP contribution in [0.15, 0.2) is 0 Å². The van der Waals surface area contributed by atoms with E-state index in [-0.39, 0.29) is 5.92 Å². The monoisotopic (exact) mass is 445 g/mol. The zero-order valence-corrected chi connectivity index (χ0v) is 17.8. The molecular formula is C16H26Cl3N3O5. The van der Waals surface area contributed by atoms with Crippen molar-refractivity contribution >= 4 is 52.6 Å². The topological polar surface area (TPSA) is 108 Å². The molecule has 1 aliphatic heterocycles. The molecule has 2 amide bonds. The Morgan fingerprint density at radius 1 is 1.33 bits per heavy atom. The number of aliphatic hydroxyl groups excluding tert-OH is 1. The van der Waals surface area contributed by atoms with Gasteiger partial charge in [-0.2, -0.15) is 0 Å². The Balaban J connectivity index is 2.59. The summed E-state index contributed by atoms with van der Waals surface area (Å²) >= 11 is 16.7. The second-order valence-electron chi connectivity index (χ2n) is 6.60. The summed E-state index contributed by atoms with van der Waals surface area (Å²) in [6.07, 6.45) is 0.449. The van der Waals surface area contributed by atoms with Gasteiger partial charge < -0.3 is 15.2 Å². The number of carbonyl (C=O) groups excluding carboxylic acids is 3. The molecule has 1 aliphatic rings. The average Bonchev–Trinajstić information content (AvgIpc) is 2.63. The van der Waals surface area contributed by atoms with Crippen LogP contribution in [0, 0.1) is 5.92 Å². The van der Waals surface area contributed by atoms with Crippen molar-refractivity contribution in [1.29, 1.82) is 0 Å². The number of halogens is 3. The van der Waals surface area contributed by atoms with Gasteiger partial charge in [0.1, 0.15) is 24.8 Å². The van der Waals surface area contributed by atoms with Crippen molar-refractivity contribution in [2.45, 2.75) is 62.0 Å². The minimum absolute atomic E-state index is 0.225. The molecule has 8 nitrogen and oxygen atoms in total. The fourth-order valence-corrected chi connectivity index (χ4v) is 2.61. The first-order valence-corrected chi connectivity index (χ1v) is 9.89. The molecule has 1 rings (SSSR count). The lowest BCUT2D eigenvalue weighted by Gasteiger charge is -2.34. The second-order valence-corrected chi connectivity index (χ2v) is 9.11. The minimum atomic E-state index is -1.71. The summed E-state index contributed by atoms with van der Waals surface area (Å²) in [6.45, 7) is 5.07. The summed E-state index contributed by atoms with van der Waals surface area (Å²) in [5.41, 5.74) is 2.77. The van der Waals surface area contributed by atoms with Crippen LogP contribution in [0.4, 0.5) is 0 Å². The smallest absolute Gasteiger partial charge is 0.325 e. The molecule has 1 heterocycles. The van der Waals surface area contributed by atoms with E-state index >= 15 is 0 Å². The summed E-state index contributed by atoms with van der Waals surface area (Å²) < 4.78 is 3.22. The van der Waals surface area contributed by atoms with Gasteiger partial charge in [-0.3, -0.25) is 19.4 Å². The van der Waals surface area contributed by atoms with Gasteiger partial charge in [-0.05, 0) is 25.7 Å². The summed E-state index contributed by atoms with van der Waals surface area (Å²) in [4.78, 5) is 36.6. The molecule has 0 aliphatic carbocycles. The number of ether oxygens (including phenoxy) is 1. The van der Waals surface area contributed by atoms with Gasteiger partial charge in [0.05, 0.1) is 0 Å². The van der Waals surface area contributed by atoms with Crippen LogP contribution < -0.4 is 10.7 Å². The molecule has 0 aromatic heterocycles. The Bertz CT molecular complexity index is 544. The van der Waals surface area contributed by atoms with E-state index in [2.05, 4.69) is 10.7 Å². The molecule has 27 heavy (non-hydrogen) atoms. The molecule has 1 saturated heterocycles. The second kappa shape index (κ2) is 10.7. The molecule has 0 aromatic rings. The van der Waals surface area contributed by atoms with Crippen LogP contribution >= 0.6 is 34.8 Å². The van der Waals surface area contributed by atoms with Gasteiger partial charge in [0.2, 0.25) is 9.70 Å². The number of rotatable bonds is 7. The maximum atomic E-state index is 12.5. The molecule has 156 valence electrons. The van der Waals surface area contributed by atoms with Gasteiger partial charge in [0, 0.05) is 6.54 Å². The molecular weight excluding hydrogens is 421 g/mol. The fourth-order valence-electron chi connectivity index (χ4n) is 2.44. The average molecular weight is 447 g/mol. The van der Waals surface area contributed by atoms with Gasteiger partial charge in [-0.1, -0.05) is 55.1 Å². The first kappa shape index (κ1) is 24.2. The lowest BCUT2D eigenvalue weighted by Crippen LogP contribution is -2.60. The van der Waals surface area contributed by atoms with E-state index in [1.165, 1.54) is 11.9 Å². The van der Waals surface area contributed by atoms with Crippen molar-refractivity contribution in [3.05, 3.63) is 0 Å². The van der Waals surface area contributed by atoms with E-state index in [4.69, 9.17) is 39.5 Å². The first-order valence-electron chi connectivity index (χ1n) is 8.75. The first-order chi connectivity index (χ1) is 12.5. The number of esters is 1. The van der Waals surface area contributed by atoms with Gasteiger partial charge >= 0.3 is 5.97 Å². The fraction of sp³-hybridized carbons (Fsp3) is 0.812. The van der Waals surface area contributed by atoms with Crippen molar-refractivity contribution in [3.8, 4) is 0 Å². The zero-order valence-electron chi connectivity index (χ0n) is 15.5. The SMILES string of the molecule is CCC(C)C(O)C(=O)NC(C)C(=O)N1CCCC(C(=O)OCC(Cl)(Cl)Cl)N1. The predicted molar refractivity (Wildman–Crippen MR) is 102 cm³/mol. The van der Waals surface area contributed by atoms with E-state index in [1.54, 1.807) is 6.92 Å². The van der Waals surface area contributed by atoms with Crippen LogP contribution in [0.1, 0.15) is 40.0 Å². The van der Waals surface area contributed by atoms with Gasteiger partial charge in [0.25, 0.3) is 5.91 Å². The molecule has 0 radical (unpaired) electrons. The molecule has 4 unspecified atom stereocenters. The van der Waals surface area contributed by atoms with Crippen molar-refractivity contribution in [1.82, 2.24) is 15.8 Å². The highest BCUT2D eigenvalue weighted by atomic mass is 35.6. The number of aliphatic hydroxyl groups is 1. The molecule has 0 aromatic carbocycles. The molecule has 0 spiro atoms. The molecule has 0 saturated carbocycles. The van der Waals surface area contributed by atoms with Crippen LogP contribution in [0.2, 0.25) is 0 Å². The Morgan fingerprint density at radius 3 is 2.52 bits per heavy atom. The summed E-state index contributed by atoms with van der Waals surface area (Å²) in [7, 11) is 0. The van der Waals surface area contributed by atoms with E-state index in [1.807, 2.05) is 6.92 Å². The number of alkyl halides is 3. The third kappa shape index (κ3) is 7.99. The Morgan fingerprint density at radius 2 is 1.96 bits per heavy atom. The number of nitrogens with one attached hydrogen (secondary N) is 2. The number of nitrogens with zero attached hydrogens (tertiary/aromatic N) is 1. The summed E-state index contributed by atoms with van der Waals surface area (Å²) in [6, 6.07) is -1.64. The quantitative estimate of drug-likeness (QED) is 0.402. The van der Waals surface area contributed by atoms with E-state index in [0.717, 1.165) is 0 Å². The van der Waals surface area contributed by atoms with Crippen LogP contribution in [-0.2, 0) is 19.1 Å². The normalized spacial score (nSPS) is 21.1. The highest BCUT2D eigenvalue weighted by molar-refractivity contribution is 6.67. The van der Waals surface area contributed by atoms with E-state index < -0.39 is 46.4 Å². The van der Waals surface area contributed by atoms with Crippen LogP contribution in [0.5, 0.6) is 0 Å². The maximum Gasteiger partial charge on any atom is 0.325 e. The molecule has 4 atom stereocenters. The number of hydrazine groups is 1. The third-order valence-corrected chi connectivity index (χ3v) is 4.62. The van der Waals surface area contributed by atoms with E-state index in [9.17, 15) is 19.5 Å². The Labute approximate surface area is 173 Å². The molecule has 1 fully saturated rings. The van der Waals surface area contributed by atoms with Crippen LogP contribution in [0.3, 0.4) is 0 Å². The van der Waals surface area contributed by atoms with Gasteiger partial charge in [0.15, 0.2) is 0 Å². The van der Waals surface area contributed by atoms with Crippen molar-refractivity contribution < 1.29 is 24.2 Å². The number of hydrogen-bond acceptors (Lipinski definition) is 6. The molecule has 0 bridgehead atoms. The highest BCUT2D eigenvalue weighted by Gasteiger charge is 2.33. The number of carbonyl (C=O) groups is 3. The van der Waals surface area contributed by atoms with Crippen molar-refractivity contribution in [2.75, 3.05) is 13.2 Å². The van der Waals surface area contributed by atoms with E-state index in [0.29, 0.717) is 25.8 Å². The Kier molecular flexibility index (Phi) is 9.57. The standard InChI is InChI=1S/C16H26Cl3N3O5/c1-4-9(2)12(23)13(24)20-10(3)14(25)22-7-5-6-11(21-22)15(26)27-8-16(17,18)19/h9-12,21,23H,4-8H2,1-3H3,(H,20,24). The maximum absolute atomic E-state index is 12.5. The van der Waals surface area contributed by atoms with Crippen LogP contribution in [-0.4, -0.2) is 63.0 Å². The summed E-state index contributed by atoms with van der Waals surface area (Å²) in [5, 5.41) is 13.7. The third-order valence-electron chi connectivity index (χ3n) is 4.30. The van der Waals surface area contributed by atoms with Gasteiger partial charge in [-0.15, -0.1) is 0 Å². The number of hydrogen-bond donors (Lipinski definition) is 3. The molecule has 3 N–H and O–H groups in total. The van der Waals surface area contributed by atoms with Crippen molar-refractivity contribution in [3.63, 3.8) is 0 Å². The van der Waals surface area contributed by atoms with Crippen molar-refractivity contribution in [2.24, 2.45) is 5.92 Å². The largest absolute Gasteiger partial charge is 0.460 e. The lowest BCUT2D eigenvalue weighted by molar-refractivity contribution is -0.153.